The smallest absolute Gasteiger partial charge is 0.231 e. The van der Waals surface area contributed by atoms with Gasteiger partial charge in [-0.25, -0.2) is 4.98 Å². The maximum absolute atomic E-state index is 5.63. The molecule has 0 spiro atoms. The van der Waals surface area contributed by atoms with Gasteiger partial charge >= 0.3 is 0 Å². The summed E-state index contributed by atoms with van der Waals surface area (Å²) in [6.45, 7) is 0.749. The number of ether oxygens (including phenoxy) is 2. The molecule has 2 aromatic rings. The van der Waals surface area contributed by atoms with Crippen molar-refractivity contribution in [3.8, 4) is 21.9 Å². The third kappa shape index (κ3) is 1.45. The van der Waals surface area contributed by atoms with Crippen LogP contribution >= 0.6 is 11.3 Å². The lowest BCUT2D eigenvalue weighted by atomic mass is 10.1. The van der Waals surface area contributed by atoms with Gasteiger partial charge in [0.15, 0.2) is 11.5 Å². The summed E-state index contributed by atoms with van der Waals surface area (Å²) in [7, 11) is 0. The summed E-state index contributed by atoms with van der Waals surface area (Å²) in [5, 5.41) is 0. The van der Waals surface area contributed by atoms with Gasteiger partial charge in [-0.1, -0.05) is 0 Å². The van der Waals surface area contributed by atoms with Gasteiger partial charge in [0.05, 0.1) is 16.1 Å². The van der Waals surface area contributed by atoms with Gasteiger partial charge in [-0.05, 0) is 23.8 Å². The largest absolute Gasteiger partial charge is 0.454 e. The van der Waals surface area contributed by atoms with Gasteiger partial charge in [-0.3, -0.25) is 0 Å². The SMILES string of the molecule is NCc1ncsc1-c1ccc2c(c1)OCO2. The van der Waals surface area contributed by atoms with Crippen LogP contribution in [-0.4, -0.2) is 11.8 Å². The molecule has 0 aliphatic carbocycles. The van der Waals surface area contributed by atoms with Crippen molar-refractivity contribution in [3.05, 3.63) is 29.4 Å². The van der Waals surface area contributed by atoms with E-state index in [2.05, 4.69) is 4.98 Å². The number of benzene rings is 1. The van der Waals surface area contributed by atoms with Crippen LogP contribution in [0.25, 0.3) is 10.4 Å². The van der Waals surface area contributed by atoms with E-state index in [-0.39, 0.29) is 0 Å². The molecule has 16 heavy (non-hydrogen) atoms. The van der Waals surface area contributed by atoms with Crippen molar-refractivity contribution in [2.75, 3.05) is 6.79 Å². The number of rotatable bonds is 2. The van der Waals surface area contributed by atoms with Crippen molar-refractivity contribution < 1.29 is 9.47 Å². The average Bonchev–Trinajstić information content (AvgIpc) is 2.96. The molecule has 5 heteroatoms. The Morgan fingerprint density at radius 2 is 2.19 bits per heavy atom. The number of hydrogen-bond acceptors (Lipinski definition) is 5. The lowest BCUT2D eigenvalue weighted by Gasteiger charge is -2.02. The van der Waals surface area contributed by atoms with E-state index in [0.717, 1.165) is 27.6 Å². The quantitative estimate of drug-likeness (QED) is 0.863. The first-order chi connectivity index (χ1) is 7.88. The molecule has 0 bridgehead atoms. The summed E-state index contributed by atoms with van der Waals surface area (Å²) < 4.78 is 10.6. The van der Waals surface area contributed by atoms with Crippen molar-refractivity contribution in [2.24, 2.45) is 5.73 Å². The molecule has 0 saturated carbocycles. The summed E-state index contributed by atoms with van der Waals surface area (Å²) in [5.74, 6) is 1.58. The second kappa shape index (κ2) is 3.77. The minimum atomic E-state index is 0.297. The molecule has 2 N–H and O–H groups in total. The van der Waals surface area contributed by atoms with E-state index in [1.165, 1.54) is 0 Å². The molecular weight excluding hydrogens is 224 g/mol. The molecule has 3 rings (SSSR count). The van der Waals surface area contributed by atoms with Gasteiger partial charge in [0.1, 0.15) is 0 Å². The van der Waals surface area contributed by atoms with Crippen LogP contribution in [0.2, 0.25) is 0 Å². The Balaban J connectivity index is 2.07. The van der Waals surface area contributed by atoms with Crippen molar-refractivity contribution in [3.63, 3.8) is 0 Å². The third-order valence-corrected chi connectivity index (χ3v) is 3.39. The molecule has 0 unspecified atom stereocenters. The number of fused-ring (bicyclic) bond motifs is 1. The number of nitrogens with two attached hydrogens (primary N) is 1. The summed E-state index contributed by atoms with van der Waals surface area (Å²) in [6.07, 6.45) is 0. The molecule has 1 aromatic carbocycles. The van der Waals surface area contributed by atoms with E-state index in [9.17, 15) is 0 Å². The Morgan fingerprint density at radius 1 is 1.31 bits per heavy atom. The van der Waals surface area contributed by atoms with Gasteiger partial charge in [0, 0.05) is 6.54 Å². The molecule has 1 aromatic heterocycles. The minimum Gasteiger partial charge on any atom is -0.454 e. The van der Waals surface area contributed by atoms with Gasteiger partial charge in [0.2, 0.25) is 6.79 Å². The summed E-state index contributed by atoms with van der Waals surface area (Å²) >= 11 is 1.59. The standard InChI is InChI=1S/C11H10N2O2S/c12-4-8-11(16-5-13-8)7-1-2-9-10(3-7)15-6-14-9/h1-3,5H,4,6,12H2. The van der Waals surface area contributed by atoms with E-state index in [0.29, 0.717) is 13.3 Å². The highest BCUT2D eigenvalue weighted by atomic mass is 32.1. The fourth-order valence-electron chi connectivity index (χ4n) is 1.69. The molecule has 0 radical (unpaired) electrons. The second-order valence-electron chi connectivity index (χ2n) is 3.40. The lowest BCUT2D eigenvalue weighted by Crippen LogP contribution is -1.97. The fourth-order valence-corrected chi connectivity index (χ4v) is 2.51. The molecular formula is C11H10N2O2S. The van der Waals surface area contributed by atoms with Crippen LogP contribution in [0.3, 0.4) is 0 Å². The highest BCUT2D eigenvalue weighted by Gasteiger charge is 2.15. The Labute approximate surface area is 96.6 Å². The maximum atomic E-state index is 5.63. The van der Waals surface area contributed by atoms with Crippen LogP contribution in [0.4, 0.5) is 0 Å². The van der Waals surface area contributed by atoms with Crippen molar-refractivity contribution >= 4 is 11.3 Å². The minimum absolute atomic E-state index is 0.297. The zero-order valence-corrected chi connectivity index (χ0v) is 9.29. The zero-order chi connectivity index (χ0) is 11.0. The normalized spacial score (nSPS) is 13.1. The first-order valence-corrected chi connectivity index (χ1v) is 5.79. The summed E-state index contributed by atoms with van der Waals surface area (Å²) in [4.78, 5) is 5.32. The molecule has 0 saturated heterocycles. The number of nitrogens with zero attached hydrogens (tertiary/aromatic N) is 1. The first-order valence-electron chi connectivity index (χ1n) is 4.91. The van der Waals surface area contributed by atoms with Gasteiger partial charge < -0.3 is 15.2 Å². The zero-order valence-electron chi connectivity index (χ0n) is 8.47. The monoisotopic (exact) mass is 234 g/mol. The topological polar surface area (TPSA) is 57.4 Å². The number of hydrogen-bond donors (Lipinski definition) is 1. The maximum Gasteiger partial charge on any atom is 0.231 e. The lowest BCUT2D eigenvalue weighted by molar-refractivity contribution is 0.174. The fraction of sp³-hybridized carbons (Fsp3) is 0.182. The first kappa shape index (κ1) is 9.62. The highest BCUT2D eigenvalue weighted by molar-refractivity contribution is 7.13. The van der Waals surface area contributed by atoms with E-state index in [1.807, 2.05) is 23.7 Å². The molecule has 1 aliphatic rings. The average molecular weight is 234 g/mol. The summed E-state index contributed by atoms with van der Waals surface area (Å²) in [6, 6.07) is 5.88. The third-order valence-electron chi connectivity index (χ3n) is 2.47. The van der Waals surface area contributed by atoms with Gasteiger partial charge in [-0.15, -0.1) is 11.3 Å². The van der Waals surface area contributed by atoms with Gasteiger partial charge in [-0.2, -0.15) is 0 Å². The van der Waals surface area contributed by atoms with Crippen molar-refractivity contribution in [1.29, 1.82) is 0 Å². The Hall–Kier alpha value is -1.59. The predicted octanol–water partition coefficient (Wildman–Crippen LogP) is 2.00. The van der Waals surface area contributed by atoms with Crippen LogP contribution in [0.1, 0.15) is 5.69 Å². The Kier molecular flexibility index (Phi) is 2.27. The molecule has 4 nitrogen and oxygen atoms in total. The predicted molar refractivity (Wildman–Crippen MR) is 61.6 cm³/mol. The van der Waals surface area contributed by atoms with E-state index in [1.54, 1.807) is 11.3 Å². The second-order valence-corrected chi connectivity index (χ2v) is 4.26. The van der Waals surface area contributed by atoms with E-state index >= 15 is 0 Å². The van der Waals surface area contributed by atoms with Crippen LogP contribution in [0, 0.1) is 0 Å². The molecule has 1 aliphatic heterocycles. The highest BCUT2D eigenvalue weighted by Crippen LogP contribution is 2.37. The summed E-state index contributed by atoms with van der Waals surface area (Å²) in [5.41, 5.74) is 9.44. The number of thiazole rings is 1. The van der Waals surface area contributed by atoms with Gasteiger partial charge in [0.25, 0.3) is 0 Å². The van der Waals surface area contributed by atoms with Crippen LogP contribution in [0.5, 0.6) is 11.5 Å². The molecule has 2 heterocycles. The Bertz CT molecular complexity index is 524. The van der Waals surface area contributed by atoms with E-state index < -0.39 is 0 Å². The molecule has 0 fully saturated rings. The number of aromatic nitrogens is 1. The van der Waals surface area contributed by atoms with E-state index in [4.69, 9.17) is 15.2 Å². The Morgan fingerprint density at radius 3 is 3.06 bits per heavy atom. The molecule has 0 amide bonds. The van der Waals surface area contributed by atoms with Crippen molar-refractivity contribution in [1.82, 2.24) is 4.98 Å². The van der Waals surface area contributed by atoms with Crippen LogP contribution < -0.4 is 15.2 Å². The molecule has 82 valence electrons. The van der Waals surface area contributed by atoms with Crippen LogP contribution in [0.15, 0.2) is 23.7 Å². The van der Waals surface area contributed by atoms with Crippen molar-refractivity contribution in [2.45, 2.75) is 6.54 Å². The van der Waals surface area contributed by atoms with Crippen LogP contribution in [-0.2, 0) is 6.54 Å². The molecule has 0 atom stereocenters.